The molecule has 1 aliphatic carbocycles. The average Bonchev–Trinajstić information content (AvgIpc) is 2.82. The molecule has 4 nitrogen and oxygen atoms in total. The van der Waals surface area contributed by atoms with Crippen LogP contribution in [-0.4, -0.2) is 29.9 Å². The predicted octanol–water partition coefficient (Wildman–Crippen LogP) is 1.73. The number of nitrogens with two attached hydrogens (primary N) is 1. The lowest BCUT2D eigenvalue weighted by atomic mass is 9.85. The van der Waals surface area contributed by atoms with Crippen LogP contribution in [0.1, 0.15) is 58.8 Å². The molecule has 2 heterocycles. The largest absolute Gasteiger partial charge is 0.327 e. The Morgan fingerprint density at radius 3 is 2.95 bits per heavy atom. The highest BCUT2D eigenvalue weighted by Crippen LogP contribution is 2.44. The second-order valence-corrected chi connectivity index (χ2v) is 6.54. The van der Waals surface area contributed by atoms with Crippen LogP contribution in [0.2, 0.25) is 0 Å². The van der Waals surface area contributed by atoms with E-state index in [1.54, 1.807) is 0 Å². The zero-order valence-electron chi connectivity index (χ0n) is 12.4. The quantitative estimate of drug-likeness (QED) is 0.870. The summed E-state index contributed by atoms with van der Waals surface area (Å²) in [6, 6.07) is 4.93. The Morgan fingerprint density at radius 1 is 1.29 bits per heavy atom. The number of carbonyl (C=O) groups is 1. The fourth-order valence-corrected chi connectivity index (χ4v) is 4.35. The van der Waals surface area contributed by atoms with Crippen LogP contribution in [0.4, 0.5) is 0 Å². The van der Waals surface area contributed by atoms with Crippen molar-refractivity contribution in [2.75, 3.05) is 13.1 Å². The van der Waals surface area contributed by atoms with Crippen LogP contribution in [0.5, 0.6) is 0 Å². The van der Waals surface area contributed by atoms with Crippen LogP contribution in [0, 0.1) is 0 Å². The molecule has 2 unspecified atom stereocenters. The van der Waals surface area contributed by atoms with Gasteiger partial charge in [0.1, 0.15) is 0 Å². The van der Waals surface area contributed by atoms with Gasteiger partial charge in [-0.25, -0.2) is 0 Å². The van der Waals surface area contributed by atoms with Gasteiger partial charge in [0, 0.05) is 24.7 Å². The van der Waals surface area contributed by atoms with Crippen molar-refractivity contribution in [3.63, 3.8) is 0 Å². The summed E-state index contributed by atoms with van der Waals surface area (Å²) in [5, 5.41) is 3.44. The Bertz CT molecular complexity index is 578. The monoisotopic (exact) mass is 285 g/mol. The number of nitrogens with zero attached hydrogens (tertiary/aromatic N) is 1. The van der Waals surface area contributed by atoms with Gasteiger partial charge in [0.05, 0.1) is 6.04 Å². The number of nitrogens with one attached hydrogen (secondary N) is 1. The SMILES string of the molecule is NCc1cc2c3c(c1)C(=O)N(C1CCCNC1)C3CCC2. The van der Waals surface area contributed by atoms with Gasteiger partial charge in [0.2, 0.25) is 0 Å². The number of hydrogen-bond donors (Lipinski definition) is 2. The van der Waals surface area contributed by atoms with Crippen molar-refractivity contribution in [2.24, 2.45) is 5.73 Å². The molecule has 3 N–H and O–H groups in total. The van der Waals surface area contributed by atoms with E-state index in [1.807, 2.05) is 6.07 Å². The summed E-state index contributed by atoms with van der Waals surface area (Å²) in [7, 11) is 0. The second kappa shape index (κ2) is 5.11. The van der Waals surface area contributed by atoms with Crippen LogP contribution in [0.15, 0.2) is 12.1 Å². The first-order valence-corrected chi connectivity index (χ1v) is 8.18. The van der Waals surface area contributed by atoms with Crippen molar-refractivity contribution >= 4 is 5.91 Å². The summed E-state index contributed by atoms with van der Waals surface area (Å²) in [5.74, 6) is 0.238. The Balaban J connectivity index is 1.77. The smallest absolute Gasteiger partial charge is 0.255 e. The van der Waals surface area contributed by atoms with Gasteiger partial charge in [-0.05, 0) is 61.4 Å². The minimum atomic E-state index is 0.238. The number of aryl methyl sites for hydroxylation is 1. The summed E-state index contributed by atoms with van der Waals surface area (Å²) in [4.78, 5) is 15.2. The van der Waals surface area contributed by atoms with E-state index in [1.165, 1.54) is 24.0 Å². The first-order valence-electron chi connectivity index (χ1n) is 8.18. The summed E-state index contributed by atoms with van der Waals surface area (Å²) in [6.45, 7) is 2.54. The molecule has 1 aromatic carbocycles. The van der Waals surface area contributed by atoms with Gasteiger partial charge in [0.15, 0.2) is 0 Å². The van der Waals surface area contributed by atoms with Crippen molar-refractivity contribution in [2.45, 2.75) is 50.7 Å². The minimum absolute atomic E-state index is 0.238. The van der Waals surface area contributed by atoms with Crippen LogP contribution < -0.4 is 11.1 Å². The number of amides is 1. The van der Waals surface area contributed by atoms with Crippen molar-refractivity contribution in [1.29, 1.82) is 0 Å². The number of hydrogen-bond acceptors (Lipinski definition) is 3. The molecule has 0 bridgehead atoms. The first kappa shape index (κ1) is 13.3. The molecule has 1 fully saturated rings. The van der Waals surface area contributed by atoms with E-state index in [0.717, 1.165) is 43.5 Å². The molecule has 1 saturated heterocycles. The van der Waals surface area contributed by atoms with E-state index in [2.05, 4.69) is 16.3 Å². The summed E-state index contributed by atoms with van der Waals surface area (Å²) >= 11 is 0. The summed E-state index contributed by atoms with van der Waals surface area (Å²) in [5.41, 5.74) is 10.5. The van der Waals surface area contributed by atoms with E-state index in [9.17, 15) is 4.79 Å². The number of benzene rings is 1. The highest BCUT2D eigenvalue weighted by Gasteiger charge is 2.43. The molecule has 0 spiro atoms. The topological polar surface area (TPSA) is 58.4 Å². The third-order valence-corrected chi connectivity index (χ3v) is 5.28. The molecule has 21 heavy (non-hydrogen) atoms. The molecule has 0 aromatic heterocycles. The lowest BCUT2D eigenvalue weighted by Gasteiger charge is -2.37. The van der Waals surface area contributed by atoms with Gasteiger partial charge in [-0.1, -0.05) is 6.07 Å². The van der Waals surface area contributed by atoms with Crippen molar-refractivity contribution < 1.29 is 4.79 Å². The normalized spacial score (nSPS) is 27.9. The van der Waals surface area contributed by atoms with Gasteiger partial charge in [-0.2, -0.15) is 0 Å². The molecule has 2 atom stereocenters. The third kappa shape index (κ3) is 2.00. The Labute approximate surface area is 125 Å². The van der Waals surface area contributed by atoms with E-state index in [-0.39, 0.29) is 5.91 Å². The molecule has 112 valence electrons. The van der Waals surface area contributed by atoms with Crippen LogP contribution >= 0.6 is 0 Å². The van der Waals surface area contributed by atoms with Gasteiger partial charge in [0.25, 0.3) is 5.91 Å². The fraction of sp³-hybridized carbons (Fsp3) is 0.588. The highest BCUT2D eigenvalue weighted by molar-refractivity contribution is 6.00. The molecular weight excluding hydrogens is 262 g/mol. The van der Waals surface area contributed by atoms with E-state index in [4.69, 9.17) is 5.73 Å². The molecule has 1 amide bonds. The lowest BCUT2D eigenvalue weighted by Crippen LogP contribution is -2.47. The van der Waals surface area contributed by atoms with E-state index >= 15 is 0 Å². The first-order chi connectivity index (χ1) is 10.3. The zero-order valence-corrected chi connectivity index (χ0v) is 12.4. The number of carbonyl (C=O) groups excluding carboxylic acids is 1. The Hall–Kier alpha value is -1.39. The Kier molecular flexibility index (Phi) is 3.23. The molecule has 0 saturated carbocycles. The molecule has 4 heteroatoms. The van der Waals surface area contributed by atoms with Gasteiger partial charge < -0.3 is 16.0 Å². The number of rotatable bonds is 2. The van der Waals surface area contributed by atoms with E-state index < -0.39 is 0 Å². The third-order valence-electron chi connectivity index (χ3n) is 5.28. The Morgan fingerprint density at radius 2 is 2.19 bits per heavy atom. The fourth-order valence-electron chi connectivity index (χ4n) is 4.35. The maximum Gasteiger partial charge on any atom is 0.255 e. The van der Waals surface area contributed by atoms with Crippen LogP contribution in [-0.2, 0) is 13.0 Å². The van der Waals surface area contributed by atoms with Gasteiger partial charge in [-0.3, -0.25) is 4.79 Å². The second-order valence-electron chi connectivity index (χ2n) is 6.54. The number of piperidine rings is 1. The van der Waals surface area contributed by atoms with Crippen molar-refractivity contribution in [3.05, 3.63) is 34.4 Å². The molecule has 3 aliphatic rings. The van der Waals surface area contributed by atoms with E-state index in [0.29, 0.717) is 18.6 Å². The maximum absolute atomic E-state index is 13.0. The van der Waals surface area contributed by atoms with Crippen LogP contribution in [0.25, 0.3) is 0 Å². The summed E-state index contributed by atoms with van der Waals surface area (Å²) in [6.07, 6.45) is 5.68. The van der Waals surface area contributed by atoms with Gasteiger partial charge in [-0.15, -0.1) is 0 Å². The predicted molar refractivity (Wildman–Crippen MR) is 82.1 cm³/mol. The molecular formula is C17H23N3O. The molecule has 4 rings (SSSR count). The molecule has 1 aromatic rings. The highest BCUT2D eigenvalue weighted by atomic mass is 16.2. The van der Waals surface area contributed by atoms with Crippen molar-refractivity contribution in [3.8, 4) is 0 Å². The molecule has 2 aliphatic heterocycles. The summed E-state index contributed by atoms with van der Waals surface area (Å²) < 4.78 is 0. The van der Waals surface area contributed by atoms with Crippen LogP contribution in [0.3, 0.4) is 0 Å². The van der Waals surface area contributed by atoms with Gasteiger partial charge >= 0.3 is 0 Å². The standard InChI is InChI=1S/C17H23N3O/c18-9-11-7-12-3-1-5-15-16(12)14(8-11)17(21)20(15)13-4-2-6-19-10-13/h7-8,13,15,19H,1-6,9-10,18H2. The molecule has 0 radical (unpaired) electrons. The lowest BCUT2D eigenvalue weighted by molar-refractivity contribution is 0.0571. The zero-order chi connectivity index (χ0) is 14.4. The maximum atomic E-state index is 13.0. The van der Waals surface area contributed by atoms with Crippen molar-refractivity contribution in [1.82, 2.24) is 10.2 Å². The average molecular weight is 285 g/mol. The minimum Gasteiger partial charge on any atom is -0.327 e.